The number of hydrogen-bond acceptors (Lipinski definition) is 15. The van der Waals surface area contributed by atoms with E-state index in [4.69, 9.17) is 37.0 Å². The highest BCUT2D eigenvalue weighted by atomic mass is 31.2. The van der Waals surface area contributed by atoms with Gasteiger partial charge in [0.25, 0.3) is 0 Å². The number of esters is 4. The molecule has 3 N–H and O–H groups in total. The topological polar surface area (TPSA) is 237 Å². The summed E-state index contributed by atoms with van der Waals surface area (Å²) in [7, 11) is -9.93. The molecule has 0 heterocycles. The molecule has 19 heteroatoms. The lowest BCUT2D eigenvalue weighted by molar-refractivity contribution is -0.161. The first kappa shape index (κ1) is 104. The second-order valence-electron chi connectivity index (χ2n) is 33.2. The second-order valence-corrected chi connectivity index (χ2v) is 36.1. The van der Waals surface area contributed by atoms with E-state index in [0.717, 1.165) is 114 Å². The zero-order valence-electron chi connectivity index (χ0n) is 70.1. The van der Waals surface area contributed by atoms with Crippen LogP contribution in [0.1, 0.15) is 453 Å². The molecule has 17 nitrogen and oxygen atoms in total. The van der Waals surface area contributed by atoms with Gasteiger partial charge in [-0.1, -0.05) is 402 Å². The number of aliphatic hydroxyl groups is 1. The summed E-state index contributed by atoms with van der Waals surface area (Å²) < 4.78 is 69.0. The lowest BCUT2D eigenvalue weighted by atomic mass is 10.0. The van der Waals surface area contributed by atoms with Crippen LogP contribution in [0.5, 0.6) is 0 Å². The van der Waals surface area contributed by atoms with Gasteiger partial charge in [-0.15, -0.1) is 0 Å². The van der Waals surface area contributed by atoms with Crippen molar-refractivity contribution in [1.82, 2.24) is 0 Å². The molecule has 0 rings (SSSR count). The van der Waals surface area contributed by atoms with E-state index in [9.17, 15) is 43.2 Å². The Bertz CT molecular complexity index is 2060. The zero-order valence-corrected chi connectivity index (χ0v) is 71.9. The first-order chi connectivity index (χ1) is 51.1. The summed E-state index contributed by atoms with van der Waals surface area (Å²) in [6, 6.07) is 0. The maximum atomic E-state index is 13.2. The van der Waals surface area contributed by atoms with Gasteiger partial charge in [-0.3, -0.25) is 37.3 Å². The minimum Gasteiger partial charge on any atom is -0.462 e. The van der Waals surface area contributed by atoms with E-state index in [0.29, 0.717) is 25.7 Å². The van der Waals surface area contributed by atoms with Crippen molar-refractivity contribution in [2.45, 2.75) is 472 Å². The van der Waals surface area contributed by atoms with Crippen molar-refractivity contribution >= 4 is 39.5 Å². The molecular formula is C87H170O17P2. The van der Waals surface area contributed by atoms with Crippen LogP contribution >= 0.6 is 15.6 Å². The fraction of sp³-hybridized carbons (Fsp3) is 0.954. The number of phosphoric acid groups is 2. The standard InChI is InChI=1S/C87H170O17P2/c1-77(2)63-55-47-39-31-24-18-13-9-11-15-21-27-35-43-51-59-67-84(89)97-73-82(103-86(91)69-61-53-45-36-28-22-16-12-10-14-19-25-32-40-48-56-64-78(3)4)75-101-105(93,94)99-71-81(88)72-100-106(95,96)102-76-83(74-98-85(90)68-60-52-44-38-30-34-42-50-58-66-80(7)8)104-87(92)70-62-54-46-37-29-23-17-20-26-33-41-49-57-65-79(5)6/h77-83,88H,9-76H2,1-8H3,(H,93,94)(H,95,96)/t81-,82-,83-/m1/s1. The summed E-state index contributed by atoms with van der Waals surface area (Å²) in [6.45, 7) is 14.4. The van der Waals surface area contributed by atoms with Crippen LogP contribution in [0.2, 0.25) is 0 Å². The summed E-state index contributed by atoms with van der Waals surface area (Å²) in [5, 5.41) is 10.7. The monoisotopic (exact) mass is 1550 g/mol. The highest BCUT2D eigenvalue weighted by molar-refractivity contribution is 7.47. The first-order valence-corrected chi connectivity index (χ1v) is 47.7. The third-order valence-corrected chi connectivity index (χ3v) is 22.2. The number of carbonyl (C=O) groups is 4. The van der Waals surface area contributed by atoms with Crippen molar-refractivity contribution in [3.05, 3.63) is 0 Å². The number of rotatable bonds is 84. The lowest BCUT2D eigenvalue weighted by Gasteiger charge is -2.21. The van der Waals surface area contributed by atoms with Gasteiger partial charge in [-0.25, -0.2) is 9.13 Å². The van der Waals surface area contributed by atoms with Crippen LogP contribution in [-0.4, -0.2) is 96.7 Å². The first-order valence-electron chi connectivity index (χ1n) is 44.7. The van der Waals surface area contributed by atoms with E-state index in [1.807, 2.05) is 0 Å². The van der Waals surface area contributed by atoms with Gasteiger partial charge < -0.3 is 33.8 Å². The molecule has 106 heavy (non-hydrogen) atoms. The molecule has 5 atom stereocenters. The molecule has 0 fully saturated rings. The van der Waals surface area contributed by atoms with E-state index >= 15 is 0 Å². The Balaban J connectivity index is 5.26. The third-order valence-electron chi connectivity index (χ3n) is 20.3. The number of carbonyl (C=O) groups excluding carboxylic acids is 4. The molecule has 0 aromatic rings. The summed E-state index contributed by atoms with van der Waals surface area (Å²) >= 11 is 0. The van der Waals surface area contributed by atoms with Crippen molar-refractivity contribution in [1.29, 1.82) is 0 Å². The Kier molecular flexibility index (Phi) is 74.3. The van der Waals surface area contributed by atoms with Crippen molar-refractivity contribution in [3.8, 4) is 0 Å². The van der Waals surface area contributed by atoms with Crippen molar-refractivity contribution < 1.29 is 80.2 Å². The van der Waals surface area contributed by atoms with Gasteiger partial charge >= 0.3 is 39.5 Å². The number of aliphatic hydroxyl groups excluding tert-OH is 1. The van der Waals surface area contributed by atoms with Gasteiger partial charge in [0.1, 0.15) is 19.3 Å². The highest BCUT2D eigenvalue weighted by Gasteiger charge is 2.31. The number of phosphoric ester groups is 2. The molecule has 0 spiro atoms. The number of hydrogen-bond donors (Lipinski definition) is 3. The predicted molar refractivity (Wildman–Crippen MR) is 437 cm³/mol. The van der Waals surface area contributed by atoms with Crippen LogP contribution in [0.3, 0.4) is 0 Å². The Morgan fingerprint density at radius 1 is 0.236 bits per heavy atom. The van der Waals surface area contributed by atoms with Gasteiger partial charge in [-0.05, 0) is 49.4 Å². The summed E-state index contributed by atoms with van der Waals surface area (Å²) in [5.41, 5.74) is 0. The average Bonchev–Trinajstić information content (AvgIpc) is 0.902. The van der Waals surface area contributed by atoms with E-state index in [-0.39, 0.29) is 25.7 Å². The predicted octanol–water partition coefficient (Wildman–Crippen LogP) is 26.3. The normalized spacial score (nSPS) is 13.9. The van der Waals surface area contributed by atoms with E-state index < -0.39 is 97.5 Å². The maximum Gasteiger partial charge on any atom is 0.472 e. The van der Waals surface area contributed by atoms with Crippen molar-refractivity contribution in [2.24, 2.45) is 23.7 Å². The molecule has 0 aliphatic carbocycles. The molecule has 2 unspecified atom stereocenters. The molecule has 630 valence electrons. The van der Waals surface area contributed by atoms with Crippen molar-refractivity contribution in [2.75, 3.05) is 39.6 Å². The molecule has 0 aromatic carbocycles. The fourth-order valence-corrected chi connectivity index (χ4v) is 15.1. The van der Waals surface area contributed by atoms with Gasteiger partial charge in [0.2, 0.25) is 0 Å². The average molecular weight is 1550 g/mol. The Morgan fingerprint density at radius 2 is 0.396 bits per heavy atom. The van der Waals surface area contributed by atoms with Crippen molar-refractivity contribution in [3.63, 3.8) is 0 Å². The van der Waals surface area contributed by atoms with Gasteiger partial charge in [0.15, 0.2) is 12.2 Å². The van der Waals surface area contributed by atoms with Gasteiger partial charge in [0, 0.05) is 25.7 Å². The molecule has 0 aliphatic rings. The largest absolute Gasteiger partial charge is 0.472 e. The SMILES string of the molecule is CC(C)CCCCCCCCCCCCCCCCCCC(=O)OC[C@H](COP(=O)(O)OC[C@@H](O)COP(=O)(O)OC[C@@H](COC(=O)CCCCCCCCCCCC(C)C)OC(=O)CCCCCCCCCCCCCCCC(C)C)OC(=O)CCCCCCCCCCCCCCCCCCC(C)C. The van der Waals surface area contributed by atoms with Crippen LogP contribution < -0.4 is 0 Å². The van der Waals surface area contributed by atoms with E-state index in [1.54, 1.807) is 0 Å². The number of unbranched alkanes of at least 4 members (excludes halogenated alkanes) is 50. The number of ether oxygens (including phenoxy) is 4. The van der Waals surface area contributed by atoms with Crippen LogP contribution in [-0.2, 0) is 65.4 Å². The molecule has 0 bridgehead atoms. The summed E-state index contributed by atoms with van der Waals surface area (Å²) in [6.07, 6.45) is 65.2. The minimum atomic E-state index is -4.97. The molecule has 0 aliphatic heterocycles. The molecule has 0 aromatic heterocycles. The quantitative estimate of drug-likeness (QED) is 0.0222. The summed E-state index contributed by atoms with van der Waals surface area (Å²) in [4.78, 5) is 73.3. The van der Waals surface area contributed by atoms with Crippen LogP contribution in [0, 0.1) is 23.7 Å². The third kappa shape index (κ3) is 80.1. The molecular weight excluding hydrogens is 1380 g/mol. The molecule has 0 radical (unpaired) electrons. The van der Waals surface area contributed by atoms with Gasteiger partial charge in [-0.2, -0.15) is 0 Å². The highest BCUT2D eigenvalue weighted by Crippen LogP contribution is 2.45. The van der Waals surface area contributed by atoms with Gasteiger partial charge in [0.05, 0.1) is 26.4 Å². The summed E-state index contributed by atoms with van der Waals surface area (Å²) in [5.74, 6) is 1.05. The molecule has 0 saturated carbocycles. The van der Waals surface area contributed by atoms with Crippen LogP contribution in [0.25, 0.3) is 0 Å². The molecule has 0 amide bonds. The van der Waals surface area contributed by atoms with E-state index in [2.05, 4.69) is 55.4 Å². The Labute approximate surface area is 651 Å². The Morgan fingerprint density at radius 3 is 0.585 bits per heavy atom. The second kappa shape index (κ2) is 75.7. The maximum absolute atomic E-state index is 13.2. The smallest absolute Gasteiger partial charge is 0.462 e. The zero-order chi connectivity index (χ0) is 78.1. The molecule has 0 saturated heterocycles. The Hall–Kier alpha value is -1.94. The van der Waals surface area contributed by atoms with Crippen LogP contribution in [0.4, 0.5) is 0 Å². The lowest BCUT2D eigenvalue weighted by Crippen LogP contribution is -2.30. The fourth-order valence-electron chi connectivity index (χ4n) is 13.5. The minimum absolute atomic E-state index is 0.107. The van der Waals surface area contributed by atoms with Crippen LogP contribution in [0.15, 0.2) is 0 Å². The van der Waals surface area contributed by atoms with E-state index in [1.165, 1.54) is 257 Å².